The van der Waals surface area contributed by atoms with E-state index in [4.69, 9.17) is 18.9 Å². The van der Waals surface area contributed by atoms with Crippen molar-refractivity contribution in [2.45, 2.75) is 13.3 Å². The second-order valence-corrected chi connectivity index (χ2v) is 6.49. The normalized spacial score (nSPS) is 14.2. The molecule has 0 atom stereocenters. The lowest BCUT2D eigenvalue weighted by Crippen LogP contribution is -2.00. The van der Waals surface area contributed by atoms with Crippen molar-refractivity contribution in [3.05, 3.63) is 47.5 Å². The van der Waals surface area contributed by atoms with Crippen LogP contribution >= 0.6 is 0 Å². The standard InChI is InChI=1S/C21H18O5/c1-12-8-13-3-5-17-21(26-11-24-17)20(13)19(15(12)6-7-22)14-2-4-16-18(9-14)25-10-23-16/h2-5,8-9,22H,6-7,10-11H2,1H3. The van der Waals surface area contributed by atoms with Crippen molar-refractivity contribution >= 4 is 10.8 Å². The summed E-state index contributed by atoms with van der Waals surface area (Å²) in [5, 5.41) is 11.7. The molecule has 132 valence electrons. The van der Waals surface area contributed by atoms with E-state index >= 15 is 0 Å². The van der Waals surface area contributed by atoms with E-state index in [0.29, 0.717) is 6.42 Å². The summed E-state index contributed by atoms with van der Waals surface area (Å²) in [4.78, 5) is 0. The zero-order chi connectivity index (χ0) is 17.7. The number of aliphatic hydroxyl groups excluding tert-OH is 1. The number of aliphatic hydroxyl groups is 1. The highest BCUT2D eigenvalue weighted by Gasteiger charge is 2.24. The molecule has 0 aromatic heterocycles. The van der Waals surface area contributed by atoms with Crippen molar-refractivity contribution in [2.24, 2.45) is 0 Å². The SMILES string of the molecule is Cc1cc2ccc3c(c2c(-c2ccc4c(c2)OCO4)c1CCO)OCO3. The highest BCUT2D eigenvalue weighted by molar-refractivity contribution is 6.05. The van der Waals surface area contributed by atoms with Crippen LogP contribution in [0.15, 0.2) is 36.4 Å². The quantitative estimate of drug-likeness (QED) is 0.778. The van der Waals surface area contributed by atoms with Gasteiger partial charge in [-0.25, -0.2) is 0 Å². The highest BCUT2D eigenvalue weighted by Crippen LogP contribution is 2.47. The molecule has 5 nitrogen and oxygen atoms in total. The molecule has 1 N–H and O–H groups in total. The van der Waals surface area contributed by atoms with Crippen LogP contribution in [-0.2, 0) is 6.42 Å². The number of benzene rings is 3. The highest BCUT2D eigenvalue weighted by atomic mass is 16.7. The van der Waals surface area contributed by atoms with Gasteiger partial charge in [0, 0.05) is 12.0 Å². The number of aryl methyl sites for hydroxylation is 1. The van der Waals surface area contributed by atoms with Crippen LogP contribution in [-0.4, -0.2) is 25.3 Å². The Kier molecular flexibility index (Phi) is 3.43. The van der Waals surface area contributed by atoms with E-state index in [1.165, 1.54) is 0 Å². The van der Waals surface area contributed by atoms with Crippen LogP contribution in [0.2, 0.25) is 0 Å². The van der Waals surface area contributed by atoms with Crippen LogP contribution in [0.25, 0.3) is 21.9 Å². The lowest BCUT2D eigenvalue weighted by Gasteiger charge is -2.18. The fourth-order valence-corrected chi connectivity index (χ4v) is 3.84. The van der Waals surface area contributed by atoms with Gasteiger partial charge < -0.3 is 24.1 Å². The first-order valence-corrected chi connectivity index (χ1v) is 8.62. The lowest BCUT2D eigenvalue weighted by atomic mass is 9.88. The van der Waals surface area contributed by atoms with Gasteiger partial charge in [-0.05, 0) is 59.2 Å². The molecule has 2 heterocycles. The molecule has 0 fully saturated rings. The molecule has 0 saturated heterocycles. The molecule has 0 unspecified atom stereocenters. The van der Waals surface area contributed by atoms with Gasteiger partial charge in [0.05, 0.1) is 0 Å². The lowest BCUT2D eigenvalue weighted by molar-refractivity contribution is 0.174. The summed E-state index contributed by atoms with van der Waals surface area (Å²) < 4.78 is 22.4. The third kappa shape index (κ3) is 2.21. The molecule has 3 aromatic carbocycles. The monoisotopic (exact) mass is 350 g/mol. The minimum atomic E-state index is 0.0796. The van der Waals surface area contributed by atoms with Gasteiger partial charge in [0.1, 0.15) is 0 Å². The average molecular weight is 350 g/mol. The minimum Gasteiger partial charge on any atom is -0.454 e. The molecule has 26 heavy (non-hydrogen) atoms. The van der Waals surface area contributed by atoms with Crippen molar-refractivity contribution < 1.29 is 24.1 Å². The van der Waals surface area contributed by atoms with Crippen molar-refractivity contribution in [3.8, 4) is 34.1 Å². The predicted octanol–water partition coefficient (Wildman–Crippen LogP) is 3.81. The molecule has 0 saturated carbocycles. The van der Waals surface area contributed by atoms with Crippen LogP contribution in [0, 0.1) is 6.92 Å². The smallest absolute Gasteiger partial charge is 0.231 e. The Balaban J connectivity index is 1.86. The Hall–Kier alpha value is -2.92. The van der Waals surface area contributed by atoms with Gasteiger partial charge in [-0.2, -0.15) is 0 Å². The molecule has 0 bridgehead atoms. The summed E-state index contributed by atoms with van der Waals surface area (Å²) in [5.74, 6) is 2.99. The number of hydrogen-bond donors (Lipinski definition) is 1. The minimum absolute atomic E-state index is 0.0796. The van der Waals surface area contributed by atoms with Gasteiger partial charge in [0.2, 0.25) is 13.6 Å². The maximum atomic E-state index is 9.64. The summed E-state index contributed by atoms with van der Waals surface area (Å²) in [7, 11) is 0. The first-order valence-electron chi connectivity index (χ1n) is 8.62. The summed E-state index contributed by atoms with van der Waals surface area (Å²) in [6.45, 7) is 2.61. The summed E-state index contributed by atoms with van der Waals surface area (Å²) in [6.07, 6.45) is 0.566. The van der Waals surface area contributed by atoms with Gasteiger partial charge in [-0.15, -0.1) is 0 Å². The molecule has 0 radical (unpaired) electrons. The van der Waals surface area contributed by atoms with Crippen LogP contribution in [0.5, 0.6) is 23.0 Å². The molecule has 0 aliphatic carbocycles. The molecule has 0 amide bonds. The molecule has 2 aliphatic rings. The zero-order valence-corrected chi connectivity index (χ0v) is 14.4. The van der Waals surface area contributed by atoms with Crippen molar-refractivity contribution in [2.75, 3.05) is 20.2 Å². The molecule has 5 rings (SSSR count). The predicted molar refractivity (Wildman–Crippen MR) is 97.2 cm³/mol. The van der Waals surface area contributed by atoms with E-state index < -0.39 is 0 Å². The third-order valence-electron chi connectivity index (χ3n) is 4.99. The van der Waals surface area contributed by atoms with Crippen molar-refractivity contribution in [3.63, 3.8) is 0 Å². The summed E-state index contributed by atoms with van der Waals surface area (Å²) in [6, 6.07) is 12.1. The first kappa shape index (κ1) is 15.3. The number of hydrogen-bond acceptors (Lipinski definition) is 5. The van der Waals surface area contributed by atoms with E-state index in [0.717, 1.165) is 56.0 Å². The second-order valence-electron chi connectivity index (χ2n) is 6.49. The van der Waals surface area contributed by atoms with E-state index in [-0.39, 0.29) is 20.2 Å². The Morgan fingerprint density at radius 3 is 2.54 bits per heavy atom. The van der Waals surface area contributed by atoms with Gasteiger partial charge in [-0.3, -0.25) is 0 Å². The fourth-order valence-electron chi connectivity index (χ4n) is 3.84. The topological polar surface area (TPSA) is 57.2 Å². The number of ether oxygens (including phenoxy) is 4. The van der Waals surface area contributed by atoms with E-state index in [2.05, 4.69) is 19.1 Å². The first-order chi connectivity index (χ1) is 12.8. The maximum absolute atomic E-state index is 9.64. The Labute approximate surface area is 150 Å². The molecule has 0 spiro atoms. The van der Waals surface area contributed by atoms with Crippen molar-refractivity contribution in [1.29, 1.82) is 0 Å². The van der Waals surface area contributed by atoms with E-state index in [1.807, 2.05) is 24.3 Å². The maximum Gasteiger partial charge on any atom is 0.231 e. The van der Waals surface area contributed by atoms with Gasteiger partial charge in [-0.1, -0.05) is 18.2 Å². The Morgan fingerprint density at radius 1 is 0.885 bits per heavy atom. The zero-order valence-electron chi connectivity index (χ0n) is 14.4. The molecular formula is C21H18O5. The molecular weight excluding hydrogens is 332 g/mol. The molecule has 3 aromatic rings. The van der Waals surface area contributed by atoms with E-state index in [9.17, 15) is 5.11 Å². The molecule has 2 aliphatic heterocycles. The van der Waals surface area contributed by atoms with Crippen LogP contribution < -0.4 is 18.9 Å². The van der Waals surface area contributed by atoms with Crippen LogP contribution in [0.1, 0.15) is 11.1 Å². The van der Waals surface area contributed by atoms with Gasteiger partial charge in [0.25, 0.3) is 0 Å². The summed E-state index contributed by atoms with van der Waals surface area (Å²) in [5.41, 5.74) is 4.30. The fraction of sp³-hybridized carbons (Fsp3) is 0.238. The average Bonchev–Trinajstić information content (AvgIpc) is 3.30. The van der Waals surface area contributed by atoms with Crippen LogP contribution in [0.4, 0.5) is 0 Å². The van der Waals surface area contributed by atoms with Gasteiger partial charge >= 0.3 is 0 Å². The summed E-state index contributed by atoms with van der Waals surface area (Å²) >= 11 is 0. The second kappa shape index (κ2) is 5.81. The van der Waals surface area contributed by atoms with Gasteiger partial charge in [0.15, 0.2) is 23.0 Å². The Bertz CT molecular complexity index is 1020. The largest absolute Gasteiger partial charge is 0.454 e. The van der Waals surface area contributed by atoms with Crippen molar-refractivity contribution in [1.82, 2.24) is 0 Å². The number of rotatable bonds is 3. The van der Waals surface area contributed by atoms with Crippen LogP contribution in [0.3, 0.4) is 0 Å². The molecule has 5 heteroatoms. The Morgan fingerprint density at radius 2 is 1.65 bits per heavy atom. The van der Waals surface area contributed by atoms with E-state index in [1.54, 1.807) is 0 Å². The third-order valence-corrected chi connectivity index (χ3v) is 4.99. The number of fused-ring (bicyclic) bond motifs is 4.